The predicted molar refractivity (Wildman–Crippen MR) is 117 cm³/mol. The number of likely N-dealkylation sites (tertiary alicyclic amines) is 1. The SMILES string of the molecule is COc1ccc(C=C(C#N)C(=O)OCC(=O)N2CCC(Cc3ccccc3)CC2)cc1. The molecule has 0 aliphatic carbocycles. The van der Waals surface area contributed by atoms with E-state index in [1.807, 2.05) is 24.3 Å². The number of nitrogens with zero attached hydrogens (tertiary/aromatic N) is 2. The van der Waals surface area contributed by atoms with E-state index < -0.39 is 5.97 Å². The van der Waals surface area contributed by atoms with Crippen LogP contribution < -0.4 is 4.74 Å². The lowest BCUT2D eigenvalue weighted by molar-refractivity contribution is -0.149. The van der Waals surface area contributed by atoms with Crippen molar-refractivity contribution < 1.29 is 19.1 Å². The smallest absolute Gasteiger partial charge is 0.349 e. The van der Waals surface area contributed by atoms with Crippen molar-refractivity contribution in [3.63, 3.8) is 0 Å². The van der Waals surface area contributed by atoms with Gasteiger partial charge in [0, 0.05) is 13.1 Å². The van der Waals surface area contributed by atoms with Gasteiger partial charge in [0.1, 0.15) is 17.4 Å². The summed E-state index contributed by atoms with van der Waals surface area (Å²) in [6.45, 7) is 0.950. The number of carbonyl (C=O) groups excluding carboxylic acids is 2. The lowest BCUT2D eigenvalue weighted by Crippen LogP contribution is -2.41. The first-order valence-electron chi connectivity index (χ1n) is 10.3. The zero-order valence-electron chi connectivity index (χ0n) is 17.6. The normalized spacial score (nSPS) is 14.6. The molecule has 0 bridgehead atoms. The van der Waals surface area contributed by atoms with Crippen LogP contribution in [0.15, 0.2) is 60.2 Å². The zero-order valence-corrected chi connectivity index (χ0v) is 17.6. The molecule has 1 heterocycles. The second-order valence-electron chi connectivity index (χ2n) is 7.53. The fourth-order valence-electron chi connectivity index (χ4n) is 3.63. The van der Waals surface area contributed by atoms with Crippen LogP contribution in [0.2, 0.25) is 0 Å². The Hall–Kier alpha value is -3.59. The van der Waals surface area contributed by atoms with Crippen molar-refractivity contribution >= 4 is 18.0 Å². The molecule has 0 radical (unpaired) electrons. The van der Waals surface area contributed by atoms with E-state index in [-0.39, 0.29) is 18.1 Å². The van der Waals surface area contributed by atoms with Crippen LogP contribution in [0.5, 0.6) is 5.75 Å². The Morgan fingerprint density at radius 1 is 1.10 bits per heavy atom. The molecular weight excluding hydrogens is 392 g/mol. The van der Waals surface area contributed by atoms with E-state index in [9.17, 15) is 14.9 Å². The molecule has 0 N–H and O–H groups in total. The summed E-state index contributed by atoms with van der Waals surface area (Å²) in [5, 5.41) is 9.28. The van der Waals surface area contributed by atoms with Crippen molar-refractivity contribution in [1.29, 1.82) is 5.26 Å². The van der Waals surface area contributed by atoms with E-state index in [0.717, 1.165) is 19.3 Å². The lowest BCUT2D eigenvalue weighted by atomic mass is 9.90. The highest BCUT2D eigenvalue weighted by atomic mass is 16.5. The summed E-state index contributed by atoms with van der Waals surface area (Å²) in [6, 6.07) is 19.1. The Labute approximate surface area is 182 Å². The minimum absolute atomic E-state index is 0.153. The molecule has 0 aromatic heterocycles. The maximum absolute atomic E-state index is 12.4. The standard InChI is InChI=1S/C25H26N2O4/c1-30-23-9-7-20(8-10-23)16-22(17-26)25(29)31-18-24(28)27-13-11-21(12-14-27)15-19-5-3-2-4-6-19/h2-10,16,21H,11-15,18H2,1H3. The summed E-state index contributed by atoms with van der Waals surface area (Å²) in [6.07, 6.45) is 4.30. The summed E-state index contributed by atoms with van der Waals surface area (Å²) >= 11 is 0. The van der Waals surface area contributed by atoms with E-state index >= 15 is 0 Å². The van der Waals surface area contributed by atoms with Crippen molar-refractivity contribution in [2.75, 3.05) is 26.8 Å². The summed E-state index contributed by atoms with van der Waals surface area (Å²) in [5.41, 5.74) is 1.83. The molecular formula is C25H26N2O4. The highest BCUT2D eigenvalue weighted by Gasteiger charge is 2.24. The third-order valence-electron chi connectivity index (χ3n) is 5.43. The Morgan fingerprint density at radius 2 is 1.77 bits per heavy atom. The van der Waals surface area contributed by atoms with Crippen LogP contribution in [0.1, 0.15) is 24.0 Å². The molecule has 1 aliphatic heterocycles. The minimum atomic E-state index is -0.800. The van der Waals surface area contributed by atoms with E-state index in [1.54, 1.807) is 36.3 Å². The minimum Gasteiger partial charge on any atom is -0.497 e. The molecule has 160 valence electrons. The highest BCUT2D eigenvalue weighted by molar-refractivity contribution is 5.98. The van der Waals surface area contributed by atoms with Gasteiger partial charge >= 0.3 is 5.97 Å². The molecule has 6 heteroatoms. The molecule has 31 heavy (non-hydrogen) atoms. The first-order valence-corrected chi connectivity index (χ1v) is 10.3. The maximum Gasteiger partial charge on any atom is 0.349 e. The third-order valence-corrected chi connectivity index (χ3v) is 5.43. The van der Waals surface area contributed by atoms with Gasteiger partial charge in [0.15, 0.2) is 6.61 Å². The van der Waals surface area contributed by atoms with Crippen LogP contribution >= 0.6 is 0 Å². The number of benzene rings is 2. The molecule has 6 nitrogen and oxygen atoms in total. The van der Waals surface area contributed by atoms with Crippen molar-refractivity contribution in [2.24, 2.45) is 5.92 Å². The van der Waals surface area contributed by atoms with Gasteiger partial charge in [-0.2, -0.15) is 5.26 Å². The van der Waals surface area contributed by atoms with E-state index in [4.69, 9.17) is 9.47 Å². The highest BCUT2D eigenvalue weighted by Crippen LogP contribution is 2.22. The molecule has 1 saturated heterocycles. The number of piperidine rings is 1. The van der Waals surface area contributed by atoms with Gasteiger partial charge in [-0.05, 0) is 54.5 Å². The van der Waals surface area contributed by atoms with Crippen LogP contribution in [0, 0.1) is 17.2 Å². The Balaban J connectivity index is 1.46. The van der Waals surface area contributed by atoms with Gasteiger partial charge in [0.2, 0.25) is 0 Å². The molecule has 3 rings (SSSR count). The van der Waals surface area contributed by atoms with Gasteiger partial charge in [-0.1, -0.05) is 42.5 Å². The zero-order chi connectivity index (χ0) is 22.1. The molecule has 0 saturated carbocycles. The van der Waals surface area contributed by atoms with Gasteiger partial charge in [-0.25, -0.2) is 4.79 Å². The van der Waals surface area contributed by atoms with E-state index in [1.165, 1.54) is 11.6 Å². The largest absolute Gasteiger partial charge is 0.497 e. The van der Waals surface area contributed by atoms with Gasteiger partial charge < -0.3 is 14.4 Å². The van der Waals surface area contributed by atoms with Crippen LogP contribution in [0.25, 0.3) is 6.08 Å². The number of methoxy groups -OCH3 is 1. The van der Waals surface area contributed by atoms with E-state index in [0.29, 0.717) is 30.3 Å². The predicted octanol–water partition coefficient (Wildman–Crippen LogP) is 3.63. The van der Waals surface area contributed by atoms with Crippen LogP contribution in [-0.4, -0.2) is 43.6 Å². The third kappa shape index (κ3) is 6.45. The van der Waals surface area contributed by atoms with Crippen molar-refractivity contribution in [3.8, 4) is 11.8 Å². The van der Waals surface area contributed by atoms with Crippen molar-refractivity contribution in [3.05, 3.63) is 71.3 Å². The number of rotatable bonds is 7. The summed E-state index contributed by atoms with van der Waals surface area (Å²) in [5.74, 6) is 0.196. The van der Waals surface area contributed by atoms with Gasteiger partial charge in [-0.3, -0.25) is 4.79 Å². The number of ether oxygens (including phenoxy) is 2. The lowest BCUT2D eigenvalue weighted by Gasteiger charge is -2.32. The van der Waals surface area contributed by atoms with Gasteiger partial charge in [0.25, 0.3) is 5.91 Å². The number of hydrogen-bond donors (Lipinski definition) is 0. The van der Waals surface area contributed by atoms with Crippen LogP contribution in [0.3, 0.4) is 0 Å². The molecule has 1 amide bonds. The fourth-order valence-corrected chi connectivity index (χ4v) is 3.63. The summed E-state index contributed by atoms with van der Waals surface area (Å²) in [4.78, 5) is 26.4. The van der Waals surface area contributed by atoms with Gasteiger partial charge in [0.05, 0.1) is 7.11 Å². The molecule has 0 unspecified atom stereocenters. The average Bonchev–Trinajstić information content (AvgIpc) is 2.82. The van der Waals surface area contributed by atoms with Crippen molar-refractivity contribution in [2.45, 2.75) is 19.3 Å². The molecule has 0 spiro atoms. The quantitative estimate of drug-likeness (QED) is 0.390. The van der Waals surface area contributed by atoms with Crippen LogP contribution in [-0.2, 0) is 20.7 Å². The summed E-state index contributed by atoms with van der Waals surface area (Å²) in [7, 11) is 1.56. The molecule has 2 aromatic carbocycles. The molecule has 2 aromatic rings. The average molecular weight is 418 g/mol. The van der Waals surface area contributed by atoms with Crippen molar-refractivity contribution in [1.82, 2.24) is 4.90 Å². The Kier molecular flexibility index (Phi) is 7.83. The molecule has 1 aliphatic rings. The number of nitriles is 1. The van der Waals surface area contributed by atoms with Crippen LogP contribution in [0.4, 0.5) is 0 Å². The topological polar surface area (TPSA) is 79.6 Å². The first kappa shape index (κ1) is 22.1. The second kappa shape index (κ2) is 11.0. The number of amides is 1. The summed E-state index contributed by atoms with van der Waals surface area (Å²) < 4.78 is 10.2. The fraction of sp³-hybridized carbons (Fsp3) is 0.320. The number of esters is 1. The van der Waals surface area contributed by atoms with E-state index in [2.05, 4.69) is 12.1 Å². The Morgan fingerprint density at radius 3 is 2.39 bits per heavy atom. The monoisotopic (exact) mass is 418 g/mol. The number of carbonyl (C=O) groups is 2. The molecule has 0 atom stereocenters. The molecule has 1 fully saturated rings. The van der Waals surface area contributed by atoms with Gasteiger partial charge in [-0.15, -0.1) is 0 Å². The first-order chi connectivity index (χ1) is 15.1. The maximum atomic E-state index is 12.4. The second-order valence-corrected chi connectivity index (χ2v) is 7.53. The number of hydrogen-bond acceptors (Lipinski definition) is 5. The Bertz CT molecular complexity index is 953.